The molecule has 0 spiro atoms. The molecule has 246 valence electrons. The minimum Gasteiger partial charge on any atom is -0.417 e. The average Bonchev–Trinajstić information content (AvgIpc) is 3.54. The summed E-state index contributed by atoms with van der Waals surface area (Å²) >= 11 is 0. The van der Waals surface area contributed by atoms with E-state index in [2.05, 4.69) is 167 Å². The van der Waals surface area contributed by atoms with Gasteiger partial charge in [0.1, 0.15) is 16.9 Å². The van der Waals surface area contributed by atoms with Crippen LogP contribution in [0.1, 0.15) is 67.3 Å². The van der Waals surface area contributed by atoms with Crippen molar-refractivity contribution in [1.29, 1.82) is 0 Å². The van der Waals surface area contributed by atoms with Crippen LogP contribution in [0.4, 0.5) is 5.82 Å². The number of benzene rings is 4. The van der Waals surface area contributed by atoms with Gasteiger partial charge in [-0.3, -0.25) is 0 Å². The summed E-state index contributed by atoms with van der Waals surface area (Å²) in [5, 5.41) is 13.5. The zero-order valence-electron chi connectivity index (χ0n) is 29.0. The van der Waals surface area contributed by atoms with Crippen molar-refractivity contribution in [3.05, 3.63) is 155 Å². The van der Waals surface area contributed by atoms with Crippen molar-refractivity contribution in [2.45, 2.75) is 63.2 Å². The maximum atomic E-state index is 6.63. The van der Waals surface area contributed by atoms with Gasteiger partial charge < -0.3 is 9.74 Å². The van der Waals surface area contributed by atoms with Gasteiger partial charge in [0, 0.05) is 19.6 Å². The summed E-state index contributed by atoms with van der Waals surface area (Å²) in [6.07, 6.45) is 1.84. The standard InChI is InChI=1S/C41H47N5OSi/c1-40(2,3)48(5,6)47-29-19-28-35(31-20-11-7-12-21-31)36-30-37(42-4)43-39-38(36)44-45-46(39)41(32-22-13-8-14-23-32,33-24-15-9-16-25-33)34-26-17-10-18-27-34/h7-18,20-27,30,35H,19,28-29H2,1-6H3,(H,42,43). The minimum atomic E-state index is -1.85. The number of nitrogens with one attached hydrogen (secondary N) is 1. The number of fused-ring (bicyclic) bond motifs is 1. The van der Waals surface area contributed by atoms with Crippen LogP contribution in [-0.4, -0.2) is 41.9 Å². The molecule has 0 saturated heterocycles. The van der Waals surface area contributed by atoms with Gasteiger partial charge in [0.25, 0.3) is 0 Å². The second-order valence-electron chi connectivity index (χ2n) is 14.0. The molecule has 6 nitrogen and oxygen atoms in total. The number of pyridine rings is 1. The molecule has 0 aliphatic rings. The molecule has 6 aromatic rings. The van der Waals surface area contributed by atoms with Crippen molar-refractivity contribution < 1.29 is 4.43 Å². The van der Waals surface area contributed by atoms with Gasteiger partial charge in [-0.1, -0.05) is 147 Å². The van der Waals surface area contributed by atoms with E-state index in [9.17, 15) is 0 Å². The van der Waals surface area contributed by atoms with Gasteiger partial charge in [0.05, 0.1) is 0 Å². The van der Waals surface area contributed by atoms with E-state index in [1.807, 2.05) is 11.7 Å². The van der Waals surface area contributed by atoms with E-state index in [0.717, 1.165) is 58.7 Å². The highest BCUT2D eigenvalue weighted by atomic mass is 28.4. The molecule has 6 rings (SSSR count). The lowest BCUT2D eigenvalue weighted by Crippen LogP contribution is -2.41. The zero-order valence-corrected chi connectivity index (χ0v) is 30.0. The average molecular weight is 654 g/mol. The quantitative estimate of drug-likeness (QED) is 0.0810. The van der Waals surface area contributed by atoms with Crippen LogP contribution in [0.25, 0.3) is 11.2 Å². The molecule has 1 unspecified atom stereocenters. The number of hydrogen-bond donors (Lipinski definition) is 1. The van der Waals surface area contributed by atoms with Gasteiger partial charge in [-0.15, -0.1) is 5.10 Å². The number of anilines is 1. The molecule has 1 atom stereocenters. The summed E-state index contributed by atoms with van der Waals surface area (Å²) in [6, 6.07) is 44.6. The maximum absolute atomic E-state index is 6.63. The Hall–Kier alpha value is -4.59. The van der Waals surface area contributed by atoms with Gasteiger partial charge in [0.15, 0.2) is 14.0 Å². The molecular weight excluding hydrogens is 607 g/mol. The lowest BCUT2D eigenvalue weighted by molar-refractivity contribution is 0.277. The van der Waals surface area contributed by atoms with Crippen molar-refractivity contribution in [3.63, 3.8) is 0 Å². The number of nitrogens with zero attached hydrogens (tertiary/aromatic N) is 4. The third kappa shape index (κ3) is 6.32. The molecule has 2 heterocycles. The Morgan fingerprint density at radius 2 is 1.25 bits per heavy atom. The van der Waals surface area contributed by atoms with E-state index in [4.69, 9.17) is 19.7 Å². The first-order chi connectivity index (χ1) is 23.2. The molecule has 0 amide bonds. The SMILES string of the molecule is CNc1cc(C(CCCO[Si](C)(C)C(C)(C)C)c2ccccc2)c2nnn(C(c3ccccc3)(c3ccccc3)c3ccccc3)c2n1. The predicted molar refractivity (Wildman–Crippen MR) is 200 cm³/mol. The van der Waals surface area contributed by atoms with Crippen LogP contribution in [0, 0.1) is 0 Å². The van der Waals surface area contributed by atoms with Gasteiger partial charge in [-0.05, 0) is 64.9 Å². The molecule has 0 aliphatic carbocycles. The number of aromatic nitrogens is 4. The fourth-order valence-electron chi connectivity index (χ4n) is 6.47. The van der Waals surface area contributed by atoms with E-state index in [0.29, 0.717) is 0 Å². The monoisotopic (exact) mass is 653 g/mol. The highest BCUT2D eigenvalue weighted by molar-refractivity contribution is 6.74. The fraction of sp³-hybridized carbons (Fsp3) is 0.293. The van der Waals surface area contributed by atoms with Crippen LogP contribution in [0.2, 0.25) is 18.1 Å². The van der Waals surface area contributed by atoms with E-state index in [1.54, 1.807) is 0 Å². The number of rotatable bonds is 12. The summed E-state index contributed by atoms with van der Waals surface area (Å²) in [5.74, 6) is 0.860. The van der Waals surface area contributed by atoms with E-state index < -0.39 is 13.9 Å². The molecule has 1 N–H and O–H groups in total. The smallest absolute Gasteiger partial charge is 0.191 e. The Bertz CT molecular complexity index is 1820. The molecule has 4 aromatic carbocycles. The fourth-order valence-corrected chi connectivity index (χ4v) is 7.56. The van der Waals surface area contributed by atoms with Crippen molar-refractivity contribution in [2.24, 2.45) is 0 Å². The van der Waals surface area contributed by atoms with Crippen molar-refractivity contribution in [2.75, 3.05) is 19.0 Å². The minimum absolute atomic E-state index is 0.0801. The van der Waals surface area contributed by atoms with Crippen LogP contribution in [0.15, 0.2) is 127 Å². The third-order valence-electron chi connectivity index (χ3n) is 10.1. The molecule has 48 heavy (non-hydrogen) atoms. The summed E-state index contributed by atoms with van der Waals surface area (Å²) in [5.41, 5.74) is 6.30. The summed E-state index contributed by atoms with van der Waals surface area (Å²) in [4.78, 5) is 5.20. The first-order valence-electron chi connectivity index (χ1n) is 17.0. The zero-order chi connectivity index (χ0) is 33.8. The summed E-state index contributed by atoms with van der Waals surface area (Å²) < 4.78 is 8.66. The highest BCUT2D eigenvalue weighted by Gasteiger charge is 2.42. The van der Waals surface area contributed by atoms with Crippen molar-refractivity contribution >= 4 is 25.3 Å². The lowest BCUT2D eigenvalue weighted by Gasteiger charge is -2.36. The van der Waals surface area contributed by atoms with Crippen LogP contribution in [0.5, 0.6) is 0 Å². The number of hydrogen-bond acceptors (Lipinski definition) is 5. The highest BCUT2D eigenvalue weighted by Crippen LogP contribution is 2.43. The maximum Gasteiger partial charge on any atom is 0.191 e. The Morgan fingerprint density at radius 3 is 1.73 bits per heavy atom. The predicted octanol–water partition coefficient (Wildman–Crippen LogP) is 9.64. The summed E-state index contributed by atoms with van der Waals surface area (Å²) in [7, 11) is 0.0721. The first-order valence-corrected chi connectivity index (χ1v) is 19.9. The van der Waals surface area contributed by atoms with Gasteiger partial charge in [-0.2, -0.15) is 0 Å². The molecule has 0 radical (unpaired) electrons. The molecule has 0 aliphatic heterocycles. The first kappa shape index (κ1) is 33.3. The van der Waals surface area contributed by atoms with Crippen LogP contribution in [0.3, 0.4) is 0 Å². The normalized spacial score (nSPS) is 13.0. The van der Waals surface area contributed by atoms with Crippen LogP contribution < -0.4 is 5.32 Å². The van der Waals surface area contributed by atoms with Gasteiger partial charge in [-0.25, -0.2) is 9.67 Å². The summed E-state index contributed by atoms with van der Waals surface area (Å²) in [6.45, 7) is 12.3. The largest absolute Gasteiger partial charge is 0.417 e. The molecule has 0 bridgehead atoms. The Balaban J connectivity index is 1.55. The van der Waals surface area contributed by atoms with Gasteiger partial charge >= 0.3 is 0 Å². The third-order valence-corrected chi connectivity index (χ3v) is 14.6. The molecule has 7 heteroatoms. The Labute approximate surface area is 286 Å². The van der Waals surface area contributed by atoms with Crippen molar-refractivity contribution in [3.8, 4) is 0 Å². The van der Waals surface area contributed by atoms with E-state index >= 15 is 0 Å². The Morgan fingerprint density at radius 1 is 0.750 bits per heavy atom. The molecule has 2 aromatic heterocycles. The molecular formula is C41H47N5OSi. The van der Waals surface area contributed by atoms with Gasteiger partial charge in [0.2, 0.25) is 0 Å². The van der Waals surface area contributed by atoms with E-state index in [-0.39, 0.29) is 11.0 Å². The Kier molecular flexibility index (Phi) is 9.62. The second kappa shape index (κ2) is 13.9. The lowest BCUT2D eigenvalue weighted by atomic mass is 9.77. The second-order valence-corrected chi connectivity index (χ2v) is 18.9. The van der Waals surface area contributed by atoms with Crippen molar-refractivity contribution in [1.82, 2.24) is 20.0 Å². The molecule has 0 saturated carbocycles. The van der Waals surface area contributed by atoms with E-state index in [1.165, 1.54) is 5.56 Å². The topological polar surface area (TPSA) is 64.9 Å². The van der Waals surface area contributed by atoms with Crippen LogP contribution in [-0.2, 0) is 9.96 Å². The van der Waals surface area contributed by atoms with Crippen LogP contribution >= 0.6 is 0 Å². The molecule has 0 fully saturated rings.